The zero-order valence-corrected chi connectivity index (χ0v) is 17.3. The largest absolute Gasteiger partial charge is 0.494 e. The molecule has 1 aliphatic rings. The lowest BCUT2D eigenvalue weighted by Gasteiger charge is -2.13. The first-order valence-electron chi connectivity index (χ1n) is 9.72. The standard InChI is InChI=1S/C22H25ClN2O4/c1-3-28-19-11-15-10-14(2)29-20(15)12-16(19)13-25-21(26)8-9-24-22(27)17-6-4-5-7-18(17)23/h4-7,11-12,14H,3,8-10,13H2,1-2H3,(H,24,27)(H,25,26)/t14-/m1/s1. The van der Waals surface area contributed by atoms with E-state index in [9.17, 15) is 9.59 Å². The normalized spacial score (nSPS) is 14.7. The highest BCUT2D eigenvalue weighted by molar-refractivity contribution is 6.33. The summed E-state index contributed by atoms with van der Waals surface area (Å²) < 4.78 is 11.5. The molecule has 0 spiro atoms. The molecule has 2 aromatic rings. The van der Waals surface area contributed by atoms with E-state index in [4.69, 9.17) is 21.1 Å². The molecule has 1 atom stereocenters. The van der Waals surface area contributed by atoms with Crippen LogP contribution < -0.4 is 20.1 Å². The average Bonchev–Trinajstić information content (AvgIpc) is 3.05. The summed E-state index contributed by atoms with van der Waals surface area (Å²) in [6.07, 6.45) is 1.16. The highest BCUT2D eigenvalue weighted by Gasteiger charge is 2.22. The Kier molecular flexibility index (Phi) is 6.99. The summed E-state index contributed by atoms with van der Waals surface area (Å²) in [6, 6.07) is 10.7. The third kappa shape index (κ3) is 5.41. The number of benzene rings is 2. The van der Waals surface area contributed by atoms with Crippen LogP contribution in [0, 0.1) is 0 Å². The number of carbonyl (C=O) groups is 2. The van der Waals surface area contributed by atoms with Crippen LogP contribution in [0.1, 0.15) is 41.8 Å². The lowest BCUT2D eigenvalue weighted by molar-refractivity contribution is -0.121. The Morgan fingerprint density at radius 1 is 1.24 bits per heavy atom. The Morgan fingerprint density at radius 3 is 2.79 bits per heavy atom. The fraction of sp³-hybridized carbons (Fsp3) is 0.364. The Morgan fingerprint density at radius 2 is 2.03 bits per heavy atom. The molecule has 0 aliphatic carbocycles. The predicted octanol–water partition coefficient (Wildman–Crippen LogP) is 3.50. The van der Waals surface area contributed by atoms with Crippen molar-refractivity contribution in [2.24, 2.45) is 0 Å². The number of halogens is 1. The quantitative estimate of drug-likeness (QED) is 0.690. The van der Waals surface area contributed by atoms with Crippen molar-refractivity contribution < 1.29 is 19.1 Å². The molecule has 2 N–H and O–H groups in total. The number of hydrogen-bond donors (Lipinski definition) is 2. The van der Waals surface area contributed by atoms with Gasteiger partial charge in [-0.1, -0.05) is 23.7 Å². The molecular formula is C22H25ClN2O4. The number of hydrogen-bond acceptors (Lipinski definition) is 4. The van der Waals surface area contributed by atoms with Crippen LogP contribution >= 0.6 is 11.6 Å². The molecule has 6 nitrogen and oxygen atoms in total. The minimum atomic E-state index is -0.299. The van der Waals surface area contributed by atoms with Crippen LogP contribution in [0.25, 0.3) is 0 Å². The highest BCUT2D eigenvalue weighted by Crippen LogP contribution is 2.35. The van der Waals surface area contributed by atoms with Gasteiger partial charge in [0, 0.05) is 37.1 Å². The van der Waals surface area contributed by atoms with Gasteiger partial charge in [-0.15, -0.1) is 0 Å². The minimum Gasteiger partial charge on any atom is -0.494 e. The number of rotatable bonds is 8. The molecule has 29 heavy (non-hydrogen) atoms. The number of nitrogens with one attached hydrogen (secondary N) is 2. The Balaban J connectivity index is 1.51. The van der Waals surface area contributed by atoms with Crippen molar-refractivity contribution >= 4 is 23.4 Å². The Bertz CT molecular complexity index is 900. The maximum atomic E-state index is 12.2. The third-order valence-electron chi connectivity index (χ3n) is 4.61. The fourth-order valence-electron chi connectivity index (χ4n) is 3.22. The fourth-order valence-corrected chi connectivity index (χ4v) is 3.44. The second kappa shape index (κ2) is 9.65. The summed E-state index contributed by atoms with van der Waals surface area (Å²) in [5.74, 6) is 1.14. The van der Waals surface area contributed by atoms with Crippen LogP contribution in [-0.2, 0) is 17.8 Å². The molecule has 1 heterocycles. The van der Waals surface area contributed by atoms with Crippen molar-refractivity contribution in [3.63, 3.8) is 0 Å². The maximum Gasteiger partial charge on any atom is 0.252 e. The van der Waals surface area contributed by atoms with Gasteiger partial charge in [0.25, 0.3) is 5.91 Å². The summed E-state index contributed by atoms with van der Waals surface area (Å²) in [4.78, 5) is 24.3. The lowest BCUT2D eigenvalue weighted by atomic mass is 10.1. The van der Waals surface area contributed by atoms with Gasteiger partial charge in [-0.3, -0.25) is 9.59 Å². The highest BCUT2D eigenvalue weighted by atomic mass is 35.5. The molecule has 2 aromatic carbocycles. The first kappa shape index (κ1) is 21.0. The summed E-state index contributed by atoms with van der Waals surface area (Å²) in [7, 11) is 0. The van der Waals surface area contributed by atoms with Crippen LogP contribution in [-0.4, -0.2) is 31.1 Å². The predicted molar refractivity (Wildman–Crippen MR) is 112 cm³/mol. The van der Waals surface area contributed by atoms with Gasteiger partial charge < -0.3 is 20.1 Å². The summed E-state index contributed by atoms with van der Waals surface area (Å²) in [6.45, 7) is 5.05. The van der Waals surface area contributed by atoms with Crippen LogP contribution in [0.4, 0.5) is 0 Å². The first-order valence-corrected chi connectivity index (χ1v) is 10.1. The van der Waals surface area contributed by atoms with E-state index in [-0.39, 0.29) is 30.9 Å². The molecule has 0 bridgehead atoms. The van der Waals surface area contributed by atoms with Crippen molar-refractivity contribution in [1.29, 1.82) is 0 Å². The van der Waals surface area contributed by atoms with Gasteiger partial charge in [0.15, 0.2) is 0 Å². The van der Waals surface area contributed by atoms with Crippen LogP contribution in [0.2, 0.25) is 5.02 Å². The van der Waals surface area contributed by atoms with E-state index in [1.807, 2.05) is 26.0 Å². The lowest BCUT2D eigenvalue weighted by Crippen LogP contribution is -2.30. The smallest absolute Gasteiger partial charge is 0.252 e. The third-order valence-corrected chi connectivity index (χ3v) is 4.94. The molecule has 3 rings (SSSR count). The second-order valence-corrected chi connectivity index (χ2v) is 7.30. The Hall–Kier alpha value is -2.73. The van der Waals surface area contributed by atoms with Gasteiger partial charge in [0.2, 0.25) is 5.91 Å². The maximum absolute atomic E-state index is 12.2. The van der Waals surface area contributed by atoms with Crippen molar-refractivity contribution in [3.8, 4) is 11.5 Å². The van der Waals surface area contributed by atoms with Crippen molar-refractivity contribution in [2.45, 2.75) is 39.3 Å². The summed E-state index contributed by atoms with van der Waals surface area (Å²) >= 11 is 6.01. The molecule has 0 saturated heterocycles. The van der Waals surface area contributed by atoms with E-state index in [1.54, 1.807) is 24.3 Å². The molecule has 1 aliphatic heterocycles. The molecule has 154 valence electrons. The van der Waals surface area contributed by atoms with Crippen LogP contribution in [0.15, 0.2) is 36.4 Å². The Labute approximate surface area is 175 Å². The van der Waals surface area contributed by atoms with Gasteiger partial charge >= 0.3 is 0 Å². The number of ether oxygens (including phenoxy) is 2. The van der Waals surface area contributed by atoms with Gasteiger partial charge in [0.1, 0.15) is 17.6 Å². The minimum absolute atomic E-state index is 0.144. The van der Waals surface area contributed by atoms with Crippen molar-refractivity contribution in [3.05, 3.63) is 58.1 Å². The van der Waals surface area contributed by atoms with Crippen molar-refractivity contribution in [2.75, 3.05) is 13.2 Å². The zero-order chi connectivity index (χ0) is 20.8. The van der Waals surface area contributed by atoms with E-state index >= 15 is 0 Å². The molecule has 7 heteroatoms. The topological polar surface area (TPSA) is 76.7 Å². The van der Waals surface area contributed by atoms with E-state index in [0.29, 0.717) is 23.7 Å². The molecule has 0 saturated carbocycles. The molecule has 0 radical (unpaired) electrons. The van der Waals surface area contributed by atoms with E-state index in [1.165, 1.54) is 0 Å². The molecule has 0 fully saturated rings. The van der Waals surface area contributed by atoms with E-state index in [2.05, 4.69) is 10.6 Å². The first-order chi connectivity index (χ1) is 14.0. The van der Waals surface area contributed by atoms with Gasteiger partial charge in [-0.25, -0.2) is 0 Å². The van der Waals surface area contributed by atoms with Crippen LogP contribution in [0.5, 0.6) is 11.5 Å². The van der Waals surface area contributed by atoms with E-state index < -0.39 is 0 Å². The van der Waals surface area contributed by atoms with Crippen LogP contribution in [0.3, 0.4) is 0 Å². The van der Waals surface area contributed by atoms with Gasteiger partial charge in [-0.05, 0) is 38.1 Å². The molecule has 0 unspecified atom stereocenters. The second-order valence-electron chi connectivity index (χ2n) is 6.90. The van der Waals surface area contributed by atoms with E-state index in [0.717, 1.165) is 29.0 Å². The number of carbonyl (C=O) groups excluding carboxylic acids is 2. The molecule has 2 amide bonds. The zero-order valence-electron chi connectivity index (χ0n) is 16.6. The number of amides is 2. The SMILES string of the molecule is CCOc1cc2c(cc1CNC(=O)CCNC(=O)c1ccccc1Cl)O[C@H](C)C2. The summed E-state index contributed by atoms with van der Waals surface area (Å²) in [5, 5.41) is 5.96. The van der Waals surface area contributed by atoms with Crippen molar-refractivity contribution in [1.82, 2.24) is 10.6 Å². The number of fused-ring (bicyclic) bond motifs is 1. The average molecular weight is 417 g/mol. The van der Waals surface area contributed by atoms with Gasteiger partial charge in [0.05, 0.1) is 17.2 Å². The monoisotopic (exact) mass is 416 g/mol. The summed E-state index contributed by atoms with van der Waals surface area (Å²) in [5.41, 5.74) is 2.38. The molecular weight excluding hydrogens is 392 g/mol. The van der Waals surface area contributed by atoms with Gasteiger partial charge in [-0.2, -0.15) is 0 Å². The molecule has 0 aromatic heterocycles.